The average Bonchev–Trinajstić information content (AvgIpc) is 2.27. The van der Waals surface area contributed by atoms with Gasteiger partial charge in [0.05, 0.1) is 0 Å². The van der Waals surface area contributed by atoms with E-state index in [0.717, 1.165) is 4.73 Å². The third-order valence-electron chi connectivity index (χ3n) is 2.12. The van der Waals surface area contributed by atoms with Crippen LogP contribution in [0, 0.1) is 17.9 Å². The van der Waals surface area contributed by atoms with Crippen molar-refractivity contribution >= 4 is 0 Å². The summed E-state index contributed by atoms with van der Waals surface area (Å²) in [6.45, 7) is 1.69. The van der Waals surface area contributed by atoms with E-state index in [0.29, 0.717) is 17.2 Å². The van der Waals surface area contributed by atoms with E-state index in [9.17, 15) is 9.60 Å². The van der Waals surface area contributed by atoms with Gasteiger partial charge in [-0.1, -0.05) is 0 Å². The largest absolute Gasteiger partial charge is 0.619 e. The lowest BCUT2D eigenvalue weighted by molar-refractivity contribution is -0.612. The van der Waals surface area contributed by atoms with E-state index >= 15 is 0 Å². The Bertz CT molecular complexity index is 497. The number of hydrogen-bond acceptors (Lipinski definition) is 2. The molecular weight excluding hydrogens is 209 g/mol. The van der Waals surface area contributed by atoms with E-state index in [1.54, 1.807) is 19.1 Å². The molecule has 1 aromatic carbocycles. The number of aromatic nitrogens is 1. The molecule has 4 heteroatoms. The Morgan fingerprint density at radius 1 is 1.12 bits per heavy atom. The molecule has 2 aromatic rings. The minimum Gasteiger partial charge on any atom is -0.619 e. The molecule has 0 amide bonds. The highest BCUT2D eigenvalue weighted by molar-refractivity contribution is 5.30. The number of pyridine rings is 1. The maximum atomic E-state index is 12.6. The van der Waals surface area contributed by atoms with Crippen molar-refractivity contribution in [3.8, 4) is 11.5 Å². The third kappa shape index (κ3) is 2.28. The SMILES string of the molecule is Cc1cc(Oc2ccc(F)cc2)cc[n+]1[O-]. The minimum atomic E-state index is -0.311. The summed E-state index contributed by atoms with van der Waals surface area (Å²) in [5, 5.41) is 11.1. The molecule has 0 aliphatic carbocycles. The Hall–Kier alpha value is -2.10. The van der Waals surface area contributed by atoms with Crippen molar-refractivity contribution in [2.24, 2.45) is 0 Å². The molecule has 0 bridgehead atoms. The second kappa shape index (κ2) is 4.18. The zero-order valence-corrected chi connectivity index (χ0v) is 8.68. The third-order valence-corrected chi connectivity index (χ3v) is 2.12. The summed E-state index contributed by atoms with van der Waals surface area (Å²) in [7, 11) is 0. The lowest BCUT2D eigenvalue weighted by atomic mass is 10.3. The van der Waals surface area contributed by atoms with Gasteiger partial charge in [-0.05, 0) is 24.3 Å². The van der Waals surface area contributed by atoms with Crippen LogP contribution >= 0.6 is 0 Å². The monoisotopic (exact) mass is 219 g/mol. The van der Waals surface area contributed by atoms with Crippen LogP contribution in [-0.2, 0) is 0 Å². The first-order valence-electron chi connectivity index (χ1n) is 4.78. The first-order valence-corrected chi connectivity index (χ1v) is 4.78. The summed E-state index contributed by atoms with van der Waals surface area (Å²) >= 11 is 0. The number of benzene rings is 1. The average molecular weight is 219 g/mol. The molecule has 0 N–H and O–H groups in total. The van der Waals surface area contributed by atoms with Crippen LogP contribution in [0.2, 0.25) is 0 Å². The fourth-order valence-electron chi connectivity index (χ4n) is 1.28. The highest BCUT2D eigenvalue weighted by Gasteiger charge is 2.03. The topological polar surface area (TPSA) is 36.2 Å². The fourth-order valence-corrected chi connectivity index (χ4v) is 1.28. The summed E-state index contributed by atoms with van der Waals surface area (Å²) in [6.07, 6.45) is 1.37. The van der Waals surface area contributed by atoms with Gasteiger partial charge >= 0.3 is 0 Å². The van der Waals surface area contributed by atoms with E-state index < -0.39 is 0 Å². The van der Waals surface area contributed by atoms with Gasteiger partial charge in [0.15, 0.2) is 11.9 Å². The van der Waals surface area contributed by atoms with Crippen LogP contribution in [0.3, 0.4) is 0 Å². The molecule has 0 spiro atoms. The fraction of sp³-hybridized carbons (Fsp3) is 0.0833. The molecule has 0 aliphatic heterocycles. The molecule has 1 aromatic heterocycles. The quantitative estimate of drug-likeness (QED) is 0.575. The molecule has 1 heterocycles. The summed E-state index contributed by atoms with van der Waals surface area (Å²) in [6, 6.07) is 8.88. The van der Waals surface area contributed by atoms with Crippen LogP contribution in [0.15, 0.2) is 42.6 Å². The maximum absolute atomic E-state index is 12.6. The molecule has 0 saturated heterocycles. The number of ether oxygens (including phenoxy) is 1. The van der Waals surface area contributed by atoms with Gasteiger partial charge in [-0.2, -0.15) is 4.73 Å². The Balaban J connectivity index is 2.20. The van der Waals surface area contributed by atoms with Crippen molar-refractivity contribution in [1.82, 2.24) is 0 Å². The Kier molecular flexibility index (Phi) is 2.72. The predicted molar refractivity (Wildman–Crippen MR) is 56.6 cm³/mol. The number of halogens is 1. The summed E-state index contributed by atoms with van der Waals surface area (Å²) in [5.41, 5.74) is 0.541. The molecule has 0 saturated carbocycles. The van der Waals surface area contributed by atoms with Crippen LogP contribution in [0.4, 0.5) is 4.39 Å². The van der Waals surface area contributed by atoms with Gasteiger partial charge in [0, 0.05) is 19.1 Å². The molecule has 0 radical (unpaired) electrons. The van der Waals surface area contributed by atoms with Crippen molar-refractivity contribution in [1.29, 1.82) is 0 Å². The van der Waals surface area contributed by atoms with Gasteiger partial charge in [0.25, 0.3) is 0 Å². The van der Waals surface area contributed by atoms with E-state index in [1.165, 1.54) is 30.5 Å². The highest BCUT2D eigenvalue weighted by atomic mass is 19.1. The zero-order chi connectivity index (χ0) is 11.5. The van der Waals surface area contributed by atoms with Crippen molar-refractivity contribution < 1.29 is 13.9 Å². The lowest BCUT2D eigenvalue weighted by Gasteiger charge is -2.06. The van der Waals surface area contributed by atoms with Crippen molar-refractivity contribution in [3.63, 3.8) is 0 Å². The van der Waals surface area contributed by atoms with Gasteiger partial charge in [-0.25, -0.2) is 4.39 Å². The van der Waals surface area contributed by atoms with Gasteiger partial charge in [0.2, 0.25) is 0 Å². The van der Waals surface area contributed by atoms with E-state index in [4.69, 9.17) is 4.74 Å². The molecule has 3 nitrogen and oxygen atoms in total. The molecule has 16 heavy (non-hydrogen) atoms. The highest BCUT2D eigenvalue weighted by Crippen LogP contribution is 2.20. The van der Waals surface area contributed by atoms with Crippen LogP contribution in [0.1, 0.15) is 5.69 Å². The maximum Gasteiger partial charge on any atom is 0.193 e. The second-order valence-corrected chi connectivity index (χ2v) is 3.39. The molecule has 0 unspecified atom stereocenters. The van der Waals surface area contributed by atoms with Crippen LogP contribution in [-0.4, -0.2) is 0 Å². The van der Waals surface area contributed by atoms with E-state index in [1.807, 2.05) is 0 Å². The summed E-state index contributed by atoms with van der Waals surface area (Å²) < 4.78 is 18.8. The molecule has 82 valence electrons. The molecular formula is C12H10FNO2. The molecule has 2 rings (SSSR count). The molecule has 0 fully saturated rings. The van der Waals surface area contributed by atoms with Gasteiger partial charge in [0.1, 0.15) is 17.3 Å². The van der Waals surface area contributed by atoms with Gasteiger partial charge in [-0.3, -0.25) is 0 Å². The standard InChI is InChI=1S/C12H10FNO2/c1-9-8-12(6-7-14(9)15)16-11-4-2-10(13)3-5-11/h2-8H,1H3. The van der Waals surface area contributed by atoms with Crippen molar-refractivity contribution in [2.75, 3.05) is 0 Å². The molecule has 0 atom stereocenters. The first-order chi connectivity index (χ1) is 7.65. The Labute approximate surface area is 92.3 Å². The molecule has 0 aliphatic rings. The first kappa shape index (κ1) is 10.4. The second-order valence-electron chi connectivity index (χ2n) is 3.39. The smallest absolute Gasteiger partial charge is 0.193 e. The van der Waals surface area contributed by atoms with Crippen LogP contribution in [0.5, 0.6) is 11.5 Å². The number of nitrogens with zero attached hydrogens (tertiary/aromatic N) is 1. The number of hydrogen-bond donors (Lipinski definition) is 0. The summed E-state index contributed by atoms with van der Waals surface area (Å²) in [4.78, 5) is 0. The van der Waals surface area contributed by atoms with E-state index in [2.05, 4.69) is 0 Å². The van der Waals surface area contributed by atoms with Crippen LogP contribution < -0.4 is 9.47 Å². The minimum absolute atomic E-state index is 0.311. The normalized spacial score (nSPS) is 10.1. The Morgan fingerprint density at radius 2 is 1.81 bits per heavy atom. The van der Waals surface area contributed by atoms with Crippen LogP contribution in [0.25, 0.3) is 0 Å². The number of rotatable bonds is 2. The van der Waals surface area contributed by atoms with Crippen molar-refractivity contribution in [2.45, 2.75) is 6.92 Å². The van der Waals surface area contributed by atoms with Crippen molar-refractivity contribution in [3.05, 3.63) is 59.3 Å². The number of aryl methyl sites for hydroxylation is 1. The summed E-state index contributed by atoms with van der Waals surface area (Å²) in [5.74, 6) is 0.773. The van der Waals surface area contributed by atoms with E-state index in [-0.39, 0.29) is 5.82 Å². The van der Waals surface area contributed by atoms with Gasteiger partial charge < -0.3 is 9.94 Å². The lowest BCUT2D eigenvalue weighted by Crippen LogP contribution is -2.28. The zero-order valence-electron chi connectivity index (χ0n) is 8.68. The Morgan fingerprint density at radius 3 is 2.44 bits per heavy atom. The predicted octanol–water partition coefficient (Wildman–Crippen LogP) is 2.56. The van der Waals surface area contributed by atoms with Gasteiger partial charge in [-0.15, -0.1) is 0 Å².